The van der Waals surface area contributed by atoms with Crippen LogP contribution in [0.4, 0.5) is 0 Å². The maximum absolute atomic E-state index is 12.3. The molecule has 0 spiro atoms. The fraction of sp³-hybridized carbons (Fsp3) is 0.900. The van der Waals surface area contributed by atoms with Crippen molar-refractivity contribution in [2.45, 2.75) is 56.6 Å². The first-order valence-electron chi connectivity index (χ1n) is 5.76. The predicted octanol–water partition coefficient (Wildman–Crippen LogP) is 1.28. The van der Waals surface area contributed by atoms with E-state index in [1.54, 1.807) is 32.4 Å². The summed E-state index contributed by atoms with van der Waals surface area (Å²) in [5, 5.41) is 10.7. The summed E-state index contributed by atoms with van der Waals surface area (Å²) in [6, 6.07) is 0.289. The highest BCUT2D eigenvalue weighted by Crippen LogP contribution is 2.38. The van der Waals surface area contributed by atoms with Crippen molar-refractivity contribution >= 4 is 9.84 Å². The summed E-state index contributed by atoms with van der Waals surface area (Å²) in [6.45, 7) is 6.75. The van der Waals surface area contributed by atoms with E-state index in [4.69, 9.17) is 0 Å². The molecule has 2 rings (SSSR count). The first kappa shape index (κ1) is 12.5. The molecule has 1 atom stereocenters. The Labute approximate surface area is 101 Å². The second kappa shape index (κ2) is 3.76. The maximum atomic E-state index is 12.3. The highest BCUT2D eigenvalue weighted by molar-refractivity contribution is 7.92. The largest absolute Gasteiger partial charge is 0.228 e. The zero-order chi connectivity index (χ0) is 12.8. The van der Waals surface area contributed by atoms with Gasteiger partial charge in [-0.25, -0.2) is 13.1 Å². The van der Waals surface area contributed by atoms with Crippen molar-refractivity contribution in [2.75, 3.05) is 0 Å². The summed E-state index contributed by atoms with van der Waals surface area (Å²) in [5.41, 5.74) is 0. The van der Waals surface area contributed by atoms with Gasteiger partial charge < -0.3 is 0 Å². The summed E-state index contributed by atoms with van der Waals surface area (Å²) in [5.74, 6) is 0.461. The van der Waals surface area contributed by atoms with Crippen LogP contribution >= 0.6 is 0 Å². The van der Waals surface area contributed by atoms with Crippen LogP contribution < -0.4 is 0 Å². The Morgan fingerprint density at radius 2 is 1.94 bits per heavy atom. The zero-order valence-corrected chi connectivity index (χ0v) is 11.4. The first-order chi connectivity index (χ1) is 7.75. The van der Waals surface area contributed by atoms with Crippen LogP contribution in [0.2, 0.25) is 0 Å². The van der Waals surface area contributed by atoms with E-state index >= 15 is 0 Å². The van der Waals surface area contributed by atoms with Gasteiger partial charge in [0.1, 0.15) is 5.25 Å². The van der Waals surface area contributed by atoms with Gasteiger partial charge in [-0.1, -0.05) is 0 Å². The van der Waals surface area contributed by atoms with Gasteiger partial charge >= 0.3 is 0 Å². The summed E-state index contributed by atoms with van der Waals surface area (Å²) in [4.78, 5) is 0. The Morgan fingerprint density at radius 1 is 1.35 bits per heavy atom. The van der Waals surface area contributed by atoms with Crippen molar-refractivity contribution in [3.63, 3.8) is 0 Å². The van der Waals surface area contributed by atoms with E-state index in [2.05, 4.69) is 15.5 Å². The Kier molecular flexibility index (Phi) is 2.76. The number of tetrazole rings is 1. The maximum Gasteiger partial charge on any atom is 0.169 e. The molecule has 0 bridgehead atoms. The second-order valence-electron chi connectivity index (χ2n) is 5.51. The molecule has 1 aromatic rings. The van der Waals surface area contributed by atoms with Crippen molar-refractivity contribution in [1.29, 1.82) is 0 Å². The third-order valence-corrected chi connectivity index (χ3v) is 5.94. The Morgan fingerprint density at radius 3 is 2.41 bits per heavy atom. The van der Waals surface area contributed by atoms with Crippen molar-refractivity contribution in [3.8, 4) is 0 Å². The summed E-state index contributed by atoms with van der Waals surface area (Å²) in [6.07, 6.45) is 2.06. The molecule has 1 unspecified atom stereocenters. The van der Waals surface area contributed by atoms with Crippen molar-refractivity contribution in [2.24, 2.45) is 0 Å². The third kappa shape index (κ3) is 2.08. The molecule has 6 nitrogen and oxygen atoms in total. The SMILES string of the molecule is CC(c1nnnn1C1CC1)S(=O)(=O)C(C)(C)C. The van der Waals surface area contributed by atoms with Gasteiger partial charge in [-0.05, 0) is 51.0 Å². The zero-order valence-electron chi connectivity index (χ0n) is 10.6. The third-order valence-electron chi connectivity index (χ3n) is 3.09. The van der Waals surface area contributed by atoms with Gasteiger partial charge in [0.15, 0.2) is 15.7 Å². The lowest BCUT2D eigenvalue weighted by Crippen LogP contribution is -2.33. The molecular weight excluding hydrogens is 240 g/mol. The molecule has 1 aromatic heterocycles. The second-order valence-corrected chi connectivity index (χ2v) is 8.53. The molecule has 0 saturated heterocycles. The summed E-state index contributed by atoms with van der Waals surface area (Å²) < 4.78 is 25.5. The number of rotatable bonds is 3. The topological polar surface area (TPSA) is 77.7 Å². The van der Waals surface area contributed by atoms with Crippen LogP contribution in [0.25, 0.3) is 0 Å². The average Bonchev–Trinajstić information content (AvgIpc) is 2.94. The van der Waals surface area contributed by atoms with Gasteiger partial charge in [0, 0.05) is 0 Å². The fourth-order valence-electron chi connectivity index (χ4n) is 1.72. The molecule has 17 heavy (non-hydrogen) atoms. The minimum absolute atomic E-state index is 0.289. The Hall–Kier alpha value is -0.980. The summed E-state index contributed by atoms with van der Waals surface area (Å²) >= 11 is 0. The van der Waals surface area contributed by atoms with E-state index in [1.165, 1.54) is 0 Å². The Balaban J connectivity index is 2.37. The normalized spacial score (nSPS) is 19.3. The van der Waals surface area contributed by atoms with Crippen LogP contribution in [0.1, 0.15) is 57.7 Å². The van der Waals surface area contributed by atoms with Crippen LogP contribution in [0.5, 0.6) is 0 Å². The first-order valence-corrected chi connectivity index (χ1v) is 7.31. The number of sulfone groups is 1. The molecule has 1 aliphatic rings. The molecule has 0 amide bonds. The summed E-state index contributed by atoms with van der Waals surface area (Å²) in [7, 11) is -3.29. The van der Waals surface area contributed by atoms with E-state index in [0.717, 1.165) is 12.8 Å². The number of hydrogen-bond acceptors (Lipinski definition) is 5. The lowest BCUT2D eigenvalue weighted by atomic mass is 10.3. The highest BCUT2D eigenvalue weighted by atomic mass is 32.2. The van der Waals surface area contributed by atoms with Gasteiger partial charge in [0.25, 0.3) is 0 Å². The fourth-order valence-corrected chi connectivity index (χ4v) is 3.21. The average molecular weight is 258 g/mol. The molecule has 1 fully saturated rings. The van der Waals surface area contributed by atoms with Gasteiger partial charge in [0.05, 0.1) is 10.8 Å². The standard InChI is InChI=1S/C10H18N4O2S/c1-7(17(15,16)10(2,3)4)9-11-12-13-14(9)8-5-6-8/h7-8H,5-6H2,1-4H3. The van der Waals surface area contributed by atoms with Crippen molar-refractivity contribution in [3.05, 3.63) is 5.82 Å². The minimum atomic E-state index is -3.29. The van der Waals surface area contributed by atoms with Crippen molar-refractivity contribution in [1.82, 2.24) is 20.2 Å². The van der Waals surface area contributed by atoms with Crippen LogP contribution in [0, 0.1) is 0 Å². The van der Waals surface area contributed by atoms with Gasteiger partial charge in [-0.3, -0.25) is 0 Å². The molecule has 1 heterocycles. The smallest absolute Gasteiger partial charge is 0.169 e. The van der Waals surface area contributed by atoms with E-state index in [-0.39, 0.29) is 6.04 Å². The quantitative estimate of drug-likeness (QED) is 0.816. The molecule has 0 aliphatic heterocycles. The molecule has 0 radical (unpaired) electrons. The molecule has 7 heteroatoms. The lowest BCUT2D eigenvalue weighted by molar-refractivity contribution is 0.532. The number of aromatic nitrogens is 4. The molecular formula is C10H18N4O2S. The predicted molar refractivity (Wildman–Crippen MR) is 63.2 cm³/mol. The van der Waals surface area contributed by atoms with Gasteiger partial charge in [0.2, 0.25) is 0 Å². The molecule has 0 aromatic carbocycles. The van der Waals surface area contributed by atoms with E-state index in [9.17, 15) is 8.42 Å². The molecule has 96 valence electrons. The van der Waals surface area contributed by atoms with Crippen LogP contribution in [-0.4, -0.2) is 33.4 Å². The highest BCUT2D eigenvalue weighted by Gasteiger charge is 2.40. The van der Waals surface area contributed by atoms with Crippen molar-refractivity contribution < 1.29 is 8.42 Å². The lowest BCUT2D eigenvalue weighted by Gasteiger charge is -2.23. The van der Waals surface area contributed by atoms with Gasteiger partial charge in [-0.2, -0.15) is 0 Å². The molecule has 0 N–H and O–H groups in total. The van der Waals surface area contributed by atoms with Crippen LogP contribution in [0.3, 0.4) is 0 Å². The van der Waals surface area contributed by atoms with Crippen LogP contribution in [-0.2, 0) is 9.84 Å². The minimum Gasteiger partial charge on any atom is -0.228 e. The van der Waals surface area contributed by atoms with E-state index in [0.29, 0.717) is 5.82 Å². The Bertz CT molecular complexity index is 511. The number of hydrogen-bond donors (Lipinski definition) is 0. The van der Waals surface area contributed by atoms with E-state index in [1.807, 2.05) is 0 Å². The van der Waals surface area contributed by atoms with Gasteiger partial charge in [-0.15, -0.1) is 5.10 Å². The molecule has 1 aliphatic carbocycles. The number of nitrogens with zero attached hydrogens (tertiary/aromatic N) is 4. The monoisotopic (exact) mass is 258 g/mol. The molecule has 1 saturated carbocycles. The van der Waals surface area contributed by atoms with Crippen LogP contribution in [0.15, 0.2) is 0 Å². The van der Waals surface area contributed by atoms with E-state index < -0.39 is 19.8 Å².